The van der Waals surface area contributed by atoms with Crippen LogP contribution in [0, 0.1) is 13.8 Å². The number of aryl methyl sites for hydroxylation is 1. The molecule has 4 rings (SSSR count). The largest absolute Gasteiger partial charge is 0.479 e. The van der Waals surface area contributed by atoms with Crippen LogP contribution in [0.2, 0.25) is 0 Å². The number of Topliss-reactive ketones (excluding diaryl/α,β-unsaturated/α-hetero) is 1. The van der Waals surface area contributed by atoms with Gasteiger partial charge in [-0.15, -0.1) is 0 Å². The summed E-state index contributed by atoms with van der Waals surface area (Å²) in [6, 6.07) is 11.6. The highest BCUT2D eigenvalue weighted by molar-refractivity contribution is 6.16. The van der Waals surface area contributed by atoms with E-state index in [0.717, 1.165) is 28.1 Å². The molecule has 5 heteroatoms. The summed E-state index contributed by atoms with van der Waals surface area (Å²) in [5.74, 6) is -0.989. The van der Waals surface area contributed by atoms with E-state index in [2.05, 4.69) is 0 Å². The minimum absolute atomic E-state index is 0.00964. The van der Waals surface area contributed by atoms with Crippen molar-refractivity contribution in [3.63, 3.8) is 0 Å². The number of aliphatic carboxylic acids is 1. The minimum atomic E-state index is -1.26. The van der Waals surface area contributed by atoms with E-state index in [4.69, 9.17) is 4.74 Å². The van der Waals surface area contributed by atoms with Gasteiger partial charge in [0.25, 0.3) is 0 Å². The molecule has 1 unspecified atom stereocenters. The molecule has 2 aromatic carbocycles. The first kappa shape index (κ1) is 19.3. The van der Waals surface area contributed by atoms with Crippen molar-refractivity contribution >= 4 is 23.1 Å². The normalized spacial score (nSPS) is 19.2. The number of ketones is 1. The second-order valence-electron chi connectivity index (χ2n) is 8.13. The lowest BCUT2D eigenvalue weighted by atomic mass is 10.1. The number of ether oxygens (including phenoxy) is 1. The number of carbonyl (C=O) groups is 2. The number of carboxylic acids is 1. The Morgan fingerprint density at radius 3 is 2.41 bits per heavy atom. The van der Waals surface area contributed by atoms with Crippen LogP contribution in [0.25, 0.3) is 0 Å². The first-order valence-corrected chi connectivity index (χ1v) is 9.59. The number of quaternary nitrogens is 1. The Labute approximate surface area is 170 Å². The molecule has 0 bridgehead atoms. The van der Waals surface area contributed by atoms with Gasteiger partial charge in [0.1, 0.15) is 6.20 Å². The molecular weight excluding hydrogens is 366 g/mol. The van der Waals surface area contributed by atoms with Crippen LogP contribution in [-0.4, -0.2) is 22.5 Å². The number of rotatable bonds is 6. The molecular formula is C24H24NO4+. The molecule has 2 aliphatic rings. The molecule has 0 aromatic heterocycles. The fourth-order valence-electron chi connectivity index (χ4n) is 3.82. The van der Waals surface area contributed by atoms with Gasteiger partial charge >= 0.3 is 5.97 Å². The number of hydrogen-bond acceptors (Lipinski definition) is 3. The van der Waals surface area contributed by atoms with Crippen molar-refractivity contribution in [1.29, 1.82) is 0 Å². The topological polar surface area (TPSA) is 63.6 Å². The molecule has 2 aromatic rings. The smallest absolute Gasteiger partial charge is 0.335 e. The maximum Gasteiger partial charge on any atom is 0.335 e. The van der Waals surface area contributed by atoms with E-state index in [1.807, 2.05) is 68.6 Å². The standard InChI is InChI=1S/C24H23NO4/c1-15-7-9-17(10-8-15)22(26)20-6-5-13-25(20)19-12-11-18(16(2)21(19)25)14-29-24(3,4)23(27)28/h5-13H,14H2,1-4H3/p+1. The van der Waals surface area contributed by atoms with Crippen LogP contribution in [0.3, 0.4) is 0 Å². The fourth-order valence-corrected chi connectivity index (χ4v) is 3.82. The van der Waals surface area contributed by atoms with Gasteiger partial charge in [-0.2, -0.15) is 4.48 Å². The molecule has 0 amide bonds. The quantitative estimate of drug-likeness (QED) is 0.432. The van der Waals surface area contributed by atoms with Crippen LogP contribution in [0.1, 0.15) is 40.9 Å². The molecule has 0 aliphatic carbocycles. The van der Waals surface area contributed by atoms with Crippen molar-refractivity contribution < 1.29 is 19.4 Å². The monoisotopic (exact) mass is 390 g/mol. The van der Waals surface area contributed by atoms with Crippen molar-refractivity contribution in [2.24, 2.45) is 0 Å². The van der Waals surface area contributed by atoms with Crippen LogP contribution >= 0.6 is 0 Å². The van der Waals surface area contributed by atoms with E-state index in [1.165, 1.54) is 13.8 Å². The molecule has 0 radical (unpaired) electrons. The first-order valence-electron chi connectivity index (χ1n) is 9.59. The molecule has 1 N–H and O–H groups in total. The maximum absolute atomic E-state index is 13.2. The summed E-state index contributed by atoms with van der Waals surface area (Å²) in [6.45, 7) is 7.28. The van der Waals surface area contributed by atoms with Gasteiger partial charge in [0.05, 0.1) is 6.61 Å². The van der Waals surface area contributed by atoms with Crippen molar-refractivity contribution in [3.8, 4) is 0 Å². The summed E-state index contributed by atoms with van der Waals surface area (Å²) in [7, 11) is 0. The van der Waals surface area contributed by atoms with E-state index >= 15 is 0 Å². The molecule has 5 nitrogen and oxygen atoms in total. The van der Waals surface area contributed by atoms with E-state index in [0.29, 0.717) is 15.7 Å². The molecule has 2 heterocycles. The zero-order valence-electron chi connectivity index (χ0n) is 17.0. The summed E-state index contributed by atoms with van der Waals surface area (Å²) < 4.78 is 5.98. The number of carboxylic acid groups (broad SMARTS) is 1. The van der Waals surface area contributed by atoms with Gasteiger partial charge in [0, 0.05) is 23.3 Å². The van der Waals surface area contributed by atoms with Crippen molar-refractivity contribution in [3.05, 3.63) is 82.7 Å². The number of allylic oxidation sites excluding steroid dienone is 3. The Morgan fingerprint density at radius 2 is 1.76 bits per heavy atom. The third-order valence-corrected chi connectivity index (χ3v) is 5.80. The maximum atomic E-state index is 13.2. The van der Waals surface area contributed by atoms with Crippen LogP contribution in [-0.2, 0) is 16.1 Å². The summed E-state index contributed by atoms with van der Waals surface area (Å²) >= 11 is 0. The average Bonchev–Trinajstić information content (AvgIpc) is 3.11. The number of hydrogen-bond donors (Lipinski definition) is 1. The zero-order valence-corrected chi connectivity index (χ0v) is 17.0. The molecule has 1 atom stereocenters. The average molecular weight is 390 g/mol. The lowest BCUT2D eigenvalue weighted by molar-refractivity contribution is -0.162. The highest BCUT2D eigenvalue weighted by Gasteiger charge is 2.60. The SMILES string of the molecule is Cc1ccc(C(=O)C2=CC=C[N+]23c2ccc(COC(C)(C)C(=O)O)c(C)c23)cc1. The summed E-state index contributed by atoms with van der Waals surface area (Å²) in [5.41, 5.74) is 5.33. The second kappa shape index (κ2) is 6.51. The van der Waals surface area contributed by atoms with Crippen LogP contribution in [0.4, 0.5) is 11.4 Å². The molecule has 0 saturated carbocycles. The highest BCUT2D eigenvalue weighted by Crippen LogP contribution is 2.64. The van der Waals surface area contributed by atoms with Crippen LogP contribution in [0.15, 0.2) is 60.4 Å². The van der Waals surface area contributed by atoms with E-state index in [1.54, 1.807) is 0 Å². The second-order valence-corrected chi connectivity index (χ2v) is 8.13. The van der Waals surface area contributed by atoms with Crippen LogP contribution < -0.4 is 4.48 Å². The summed E-state index contributed by atoms with van der Waals surface area (Å²) in [6.07, 6.45) is 5.82. The van der Waals surface area contributed by atoms with Gasteiger partial charge in [-0.05, 0) is 39.3 Å². The zero-order chi connectivity index (χ0) is 21.0. The predicted molar refractivity (Wildman–Crippen MR) is 112 cm³/mol. The molecule has 29 heavy (non-hydrogen) atoms. The Morgan fingerprint density at radius 1 is 1.07 bits per heavy atom. The molecule has 0 fully saturated rings. The first-order chi connectivity index (χ1) is 13.7. The molecule has 148 valence electrons. The number of nitrogens with zero attached hydrogens (tertiary/aromatic N) is 1. The minimum Gasteiger partial charge on any atom is -0.479 e. The molecule has 1 spiro atoms. The molecule has 0 saturated heterocycles. The van der Waals surface area contributed by atoms with Crippen molar-refractivity contribution in [2.45, 2.75) is 39.9 Å². The third-order valence-electron chi connectivity index (χ3n) is 5.80. The number of fused-ring (bicyclic) bond motifs is 3. The summed E-state index contributed by atoms with van der Waals surface area (Å²) in [4.78, 5) is 24.5. The Bertz CT molecular complexity index is 1090. The van der Waals surface area contributed by atoms with Gasteiger partial charge in [0.2, 0.25) is 17.2 Å². The number of benzene rings is 2. The van der Waals surface area contributed by atoms with Crippen molar-refractivity contribution in [2.75, 3.05) is 0 Å². The summed E-state index contributed by atoms with van der Waals surface area (Å²) in [5, 5.41) is 9.26. The number of carbonyl (C=O) groups excluding carboxylic acids is 1. The highest BCUT2D eigenvalue weighted by atomic mass is 16.5. The third kappa shape index (κ3) is 2.94. The Balaban J connectivity index is 1.62. The van der Waals surface area contributed by atoms with E-state index in [9.17, 15) is 14.7 Å². The Kier molecular flexibility index (Phi) is 4.33. The van der Waals surface area contributed by atoms with Gasteiger partial charge < -0.3 is 9.84 Å². The van der Waals surface area contributed by atoms with Gasteiger partial charge in [0.15, 0.2) is 11.3 Å². The molecule has 2 aliphatic heterocycles. The van der Waals surface area contributed by atoms with Crippen LogP contribution in [0.5, 0.6) is 0 Å². The van der Waals surface area contributed by atoms with Gasteiger partial charge in [-0.1, -0.05) is 35.9 Å². The lowest BCUT2D eigenvalue weighted by Crippen LogP contribution is -2.34. The fraction of sp³-hybridized carbons (Fsp3) is 0.250. The Hall–Kier alpha value is -3.02. The predicted octanol–water partition coefficient (Wildman–Crippen LogP) is 4.93. The van der Waals surface area contributed by atoms with E-state index < -0.39 is 11.6 Å². The van der Waals surface area contributed by atoms with E-state index in [-0.39, 0.29) is 12.4 Å². The lowest BCUT2D eigenvalue weighted by Gasteiger charge is -2.20. The van der Waals surface area contributed by atoms with Gasteiger partial charge in [-0.25, -0.2) is 4.79 Å². The van der Waals surface area contributed by atoms with Gasteiger partial charge in [-0.3, -0.25) is 4.79 Å². The van der Waals surface area contributed by atoms with Crippen molar-refractivity contribution in [1.82, 2.24) is 4.48 Å².